The Bertz CT molecular complexity index is 1400. The van der Waals surface area contributed by atoms with E-state index >= 15 is 0 Å². The first-order valence-electron chi connectivity index (χ1n) is 10.6. The highest BCUT2D eigenvalue weighted by atomic mass is 79.9. The van der Waals surface area contributed by atoms with Crippen molar-refractivity contribution in [3.8, 4) is 0 Å². The molecule has 0 aliphatic rings. The van der Waals surface area contributed by atoms with Crippen molar-refractivity contribution in [2.24, 2.45) is 5.10 Å². The largest absolute Gasteiger partial charge is 0.342 e. The molecule has 0 aliphatic carbocycles. The Morgan fingerprint density at radius 3 is 2.30 bits per heavy atom. The summed E-state index contributed by atoms with van der Waals surface area (Å²) in [6.07, 6.45) is 3.55. The molecule has 0 fully saturated rings. The van der Waals surface area contributed by atoms with E-state index in [1.165, 1.54) is 5.56 Å². The lowest BCUT2D eigenvalue weighted by molar-refractivity contribution is 0.580. The van der Waals surface area contributed by atoms with Crippen LogP contribution in [0.25, 0.3) is 10.9 Å². The molecule has 1 heterocycles. The zero-order valence-electron chi connectivity index (χ0n) is 18.8. The maximum absolute atomic E-state index is 12.7. The van der Waals surface area contributed by atoms with Gasteiger partial charge in [-0.25, -0.2) is 4.83 Å². The van der Waals surface area contributed by atoms with Gasteiger partial charge in [0.05, 0.1) is 11.1 Å². The Balaban J connectivity index is 1.56. The van der Waals surface area contributed by atoms with E-state index in [-0.39, 0.29) is 10.3 Å². The van der Waals surface area contributed by atoms with Crippen molar-refractivity contribution < 1.29 is 8.42 Å². The molecule has 0 aliphatic heterocycles. The standard InChI is InChI=1S/C26H26BrN3O2S/c1-26(2,3)21-10-14-23(15-11-21)33(31,32)29-28-16-20-18-30(25-7-5-4-6-24(20)25)17-19-8-12-22(27)13-9-19/h4-16,18,29H,17H2,1-3H3/b28-16-. The summed E-state index contributed by atoms with van der Waals surface area (Å²) in [6, 6.07) is 23.1. The van der Waals surface area contributed by atoms with Crippen molar-refractivity contribution >= 4 is 43.1 Å². The number of benzene rings is 3. The summed E-state index contributed by atoms with van der Waals surface area (Å²) in [7, 11) is -3.75. The minimum Gasteiger partial charge on any atom is -0.342 e. The quantitative estimate of drug-likeness (QED) is 0.246. The SMILES string of the molecule is CC(C)(C)c1ccc(S(=O)(=O)N/N=C\c2cn(Cc3ccc(Br)cc3)c3ccccc23)cc1. The van der Waals surface area contributed by atoms with Crippen molar-refractivity contribution in [1.82, 2.24) is 9.40 Å². The van der Waals surface area contributed by atoms with Gasteiger partial charge >= 0.3 is 0 Å². The maximum Gasteiger partial charge on any atom is 0.276 e. The molecule has 33 heavy (non-hydrogen) atoms. The molecule has 0 saturated carbocycles. The smallest absolute Gasteiger partial charge is 0.276 e. The highest BCUT2D eigenvalue weighted by molar-refractivity contribution is 9.10. The Hall–Kier alpha value is -2.90. The molecule has 0 atom stereocenters. The Morgan fingerprint density at radius 2 is 1.64 bits per heavy atom. The molecule has 5 nitrogen and oxygen atoms in total. The van der Waals surface area contributed by atoms with Gasteiger partial charge in [-0.2, -0.15) is 13.5 Å². The summed E-state index contributed by atoms with van der Waals surface area (Å²) in [5, 5.41) is 5.07. The number of hydrazone groups is 1. The molecule has 4 rings (SSSR count). The minimum absolute atomic E-state index is 0.0433. The summed E-state index contributed by atoms with van der Waals surface area (Å²) in [4.78, 5) is 2.52. The Labute approximate surface area is 203 Å². The molecule has 4 aromatic rings. The van der Waals surface area contributed by atoms with Crippen LogP contribution in [0.5, 0.6) is 0 Å². The molecule has 1 aromatic heterocycles. The molecule has 0 radical (unpaired) electrons. The monoisotopic (exact) mass is 523 g/mol. The predicted octanol–water partition coefficient (Wildman–Crippen LogP) is 6.06. The van der Waals surface area contributed by atoms with Gasteiger partial charge in [-0.3, -0.25) is 0 Å². The predicted molar refractivity (Wildman–Crippen MR) is 138 cm³/mol. The molecule has 0 amide bonds. The Morgan fingerprint density at radius 1 is 0.970 bits per heavy atom. The van der Waals surface area contributed by atoms with Gasteiger partial charge in [-0.1, -0.05) is 79.2 Å². The molecular formula is C26H26BrN3O2S. The van der Waals surface area contributed by atoms with Crippen molar-refractivity contribution in [1.29, 1.82) is 0 Å². The van der Waals surface area contributed by atoms with Gasteiger partial charge in [0.1, 0.15) is 0 Å². The van der Waals surface area contributed by atoms with E-state index in [0.29, 0.717) is 6.54 Å². The second-order valence-corrected chi connectivity index (χ2v) is 11.6. The number of rotatable bonds is 6. The van der Waals surface area contributed by atoms with Crippen molar-refractivity contribution in [2.45, 2.75) is 37.6 Å². The lowest BCUT2D eigenvalue weighted by Gasteiger charge is -2.19. The first-order chi connectivity index (χ1) is 15.6. The summed E-state index contributed by atoms with van der Waals surface area (Å²) < 4.78 is 28.6. The third-order valence-electron chi connectivity index (χ3n) is 5.49. The molecule has 170 valence electrons. The fourth-order valence-corrected chi connectivity index (χ4v) is 4.70. The molecule has 0 spiro atoms. The molecule has 1 N–H and O–H groups in total. The second-order valence-electron chi connectivity index (χ2n) is 8.98. The van der Waals surface area contributed by atoms with Crippen molar-refractivity contribution in [2.75, 3.05) is 0 Å². The van der Waals surface area contributed by atoms with Crippen LogP contribution in [0.4, 0.5) is 0 Å². The summed E-state index contributed by atoms with van der Waals surface area (Å²) in [5.74, 6) is 0. The molecule has 3 aromatic carbocycles. The minimum atomic E-state index is -3.75. The van der Waals surface area contributed by atoms with Gasteiger partial charge < -0.3 is 4.57 Å². The summed E-state index contributed by atoms with van der Waals surface area (Å²) in [6.45, 7) is 6.97. The fourth-order valence-electron chi connectivity index (χ4n) is 3.65. The van der Waals surface area contributed by atoms with Crippen molar-refractivity contribution in [3.63, 3.8) is 0 Å². The van der Waals surface area contributed by atoms with Crippen LogP contribution in [0.3, 0.4) is 0 Å². The van der Waals surface area contributed by atoms with Crippen LogP contribution in [0.1, 0.15) is 37.5 Å². The van der Waals surface area contributed by atoms with Gasteiger partial charge in [0.25, 0.3) is 10.0 Å². The van der Waals surface area contributed by atoms with Gasteiger partial charge in [-0.05, 0) is 46.9 Å². The lowest BCUT2D eigenvalue weighted by Crippen LogP contribution is -2.19. The number of nitrogens with zero attached hydrogens (tertiary/aromatic N) is 2. The number of aromatic nitrogens is 1. The first-order valence-corrected chi connectivity index (χ1v) is 12.9. The highest BCUT2D eigenvalue weighted by Gasteiger charge is 2.17. The molecular weight excluding hydrogens is 498 g/mol. The number of nitrogens with one attached hydrogen (secondary N) is 1. The van der Waals surface area contributed by atoms with Crippen LogP contribution in [-0.2, 0) is 22.0 Å². The zero-order chi connectivity index (χ0) is 23.6. The highest BCUT2D eigenvalue weighted by Crippen LogP contribution is 2.24. The molecule has 7 heteroatoms. The van der Waals surface area contributed by atoms with E-state index in [1.54, 1.807) is 18.3 Å². The number of sulfonamides is 1. The fraction of sp³-hybridized carbons (Fsp3) is 0.192. The second kappa shape index (κ2) is 9.15. The number of fused-ring (bicyclic) bond motifs is 1. The number of halogens is 1. The van der Waals surface area contributed by atoms with Gasteiger partial charge in [-0.15, -0.1) is 0 Å². The zero-order valence-corrected chi connectivity index (χ0v) is 21.2. The third kappa shape index (κ3) is 5.37. The van der Waals surface area contributed by atoms with E-state index in [4.69, 9.17) is 0 Å². The number of para-hydroxylation sites is 1. The first kappa shape index (κ1) is 23.3. The van der Waals surface area contributed by atoms with Gasteiger partial charge in [0, 0.05) is 33.7 Å². The Kier molecular flexibility index (Phi) is 6.45. The molecule has 0 bridgehead atoms. The van der Waals surface area contributed by atoms with Gasteiger partial charge in [0.15, 0.2) is 0 Å². The summed E-state index contributed by atoms with van der Waals surface area (Å²) >= 11 is 3.47. The van der Waals surface area contributed by atoms with Crippen LogP contribution >= 0.6 is 15.9 Å². The van der Waals surface area contributed by atoms with E-state index in [2.05, 4.69) is 63.3 Å². The topological polar surface area (TPSA) is 63.5 Å². The lowest BCUT2D eigenvalue weighted by atomic mass is 9.87. The molecule has 0 saturated heterocycles. The van der Waals surface area contributed by atoms with Crippen molar-refractivity contribution in [3.05, 3.63) is 100 Å². The number of hydrogen-bond donors (Lipinski definition) is 1. The average Bonchev–Trinajstić information content (AvgIpc) is 3.12. The van der Waals surface area contributed by atoms with Gasteiger partial charge in [0.2, 0.25) is 0 Å². The molecule has 0 unspecified atom stereocenters. The number of hydrogen-bond acceptors (Lipinski definition) is 3. The maximum atomic E-state index is 12.7. The normalized spacial score (nSPS) is 12.5. The van der Waals surface area contributed by atoms with Crippen LogP contribution in [0, 0.1) is 0 Å². The van der Waals surface area contributed by atoms with E-state index in [9.17, 15) is 8.42 Å². The van der Waals surface area contributed by atoms with Crippen LogP contribution in [0.2, 0.25) is 0 Å². The summed E-state index contributed by atoms with van der Waals surface area (Å²) in [5.41, 5.74) is 4.10. The van der Waals surface area contributed by atoms with Crippen LogP contribution in [0.15, 0.2) is 93.5 Å². The average molecular weight is 524 g/mol. The van der Waals surface area contributed by atoms with E-state index in [1.807, 2.05) is 54.7 Å². The third-order valence-corrected chi connectivity index (χ3v) is 7.26. The van der Waals surface area contributed by atoms with Crippen LogP contribution < -0.4 is 4.83 Å². The van der Waals surface area contributed by atoms with E-state index < -0.39 is 10.0 Å². The van der Waals surface area contributed by atoms with E-state index in [0.717, 1.165) is 26.5 Å². The van der Waals surface area contributed by atoms with Crippen LogP contribution in [-0.4, -0.2) is 19.2 Å².